The first-order chi connectivity index (χ1) is 7.20. The van der Waals surface area contributed by atoms with E-state index in [0.29, 0.717) is 14.7 Å². The maximum Gasteiger partial charge on any atom is 0.339 e. The number of carbonyl (C=O) groups is 1. The second kappa shape index (κ2) is 4.89. The number of benzene rings is 1. The average Bonchev–Trinajstić information content (AvgIpc) is 2.07. The molecule has 0 spiro atoms. The molecule has 1 N–H and O–H groups in total. The molecule has 88 valence electrons. The molecule has 0 saturated heterocycles. The fraction of sp³-hybridized carbons (Fsp3) is 0.300. The number of aromatic carboxylic acids is 1. The van der Waals surface area contributed by atoms with Crippen molar-refractivity contribution in [3.8, 4) is 5.75 Å². The van der Waals surface area contributed by atoms with E-state index in [1.807, 2.05) is 19.6 Å². The van der Waals surface area contributed by atoms with Crippen LogP contribution in [0.25, 0.3) is 0 Å². The first-order valence-electron chi connectivity index (χ1n) is 4.62. The molecule has 1 aromatic rings. The monoisotopic (exact) mass is 366 g/mol. The predicted molar refractivity (Wildman–Crippen MR) is 72.8 cm³/mol. The Kier molecular flexibility index (Phi) is 4.20. The third kappa shape index (κ3) is 3.60. The van der Waals surface area contributed by atoms with Gasteiger partial charge >= 0.3 is 5.97 Å². The lowest BCUT2D eigenvalue weighted by Gasteiger charge is -2.22. The van der Waals surface area contributed by atoms with Crippen LogP contribution in [-0.4, -0.2) is 19.4 Å². The van der Waals surface area contributed by atoms with Gasteiger partial charge in [0.2, 0.25) is 8.32 Å². The van der Waals surface area contributed by atoms with E-state index < -0.39 is 14.3 Å². The van der Waals surface area contributed by atoms with E-state index >= 15 is 0 Å². The zero-order chi connectivity index (χ0) is 12.5. The minimum Gasteiger partial charge on any atom is -0.543 e. The van der Waals surface area contributed by atoms with E-state index in [-0.39, 0.29) is 5.56 Å². The zero-order valence-corrected chi connectivity index (χ0v) is 13.3. The highest BCUT2D eigenvalue weighted by molar-refractivity contribution is 9.11. The Hall–Kier alpha value is -0.333. The van der Waals surface area contributed by atoms with E-state index in [4.69, 9.17) is 9.53 Å². The fourth-order valence-electron chi connectivity index (χ4n) is 1.13. The second-order valence-electron chi connectivity index (χ2n) is 4.28. The van der Waals surface area contributed by atoms with Crippen LogP contribution in [-0.2, 0) is 0 Å². The van der Waals surface area contributed by atoms with Gasteiger partial charge in [-0.15, -0.1) is 0 Å². The van der Waals surface area contributed by atoms with Crippen LogP contribution in [0.2, 0.25) is 19.6 Å². The predicted octanol–water partition coefficient (Wildman–Crippen LogP) is 4.12. The molecule has 0 aliphatic heterocycles. The van der Waals surface area contributed by atoms with Crippen LogP contribution in [0.3, 0.4) is 0 Å². The van der Waals surface area contributed by atoms with Gasteiger partial charge in [-0.05, 0) is 47.7 Å². The van der Waals surface area contributed by atoms with Crippen molar-refractivity contribution in [3.63, 3.8) is 0 Å². The van der Waals surface area contributed by atoms with Crippen molar-refractivity contribution >= 4 is 46.1 Å². The number of hydrogen-bond acceptors (Lipinski definition) is 2. The zero-order valence-electron chi connectivity index (χ0n) is 9.17. The van der Waals surface area contributed by atoms with E-state index in [1.165, 1.54) is 0 Å². The molecule has 0 aliphatic carbocycles. The smallest absolute Gasteiger partial charge is 0.339 e. The van der Waals surface area contributed by atoms with Gasteiger partial charge in [0, 0.05) is 4.47 Å². The Labute approximate surface area is 112 Å². The second-order valence-corrected chi connectivity index (χ2v) is 10.5. The Morgan fingerprint density at radius 2 is 1.88 bits per heavy atom. The lowest BCUT2D eigenvalue weighted by Crippen LogP contribution is -2.30. The highest BCUT2D eigenvalue weighted by Crippen LogP contribution is 2.34. The summed E-state index contributed by atoms with van der Waals surface area (Å²) in [5.74, 6) is -0.579. The van der Waals surface area contributed by atoms with Crippen molar-refractivity contribution in [2.24, 2.45) is 0 Å². The molecule has 1 aromatic carbocycles. The Balaban J connectivity index is 3.30. The summed E-state index contributed by atoms with van der Waals surface area (Å²) in [5, 5.41) is 9.11. The molecule has 0 heterocycles. The molecule has 6 heteroatoms. The van der Waals surface area contributed by atoms with Gasteiger partial charge in [0.25, 0.3) is 0 Å². The molecule has 0 atom stereocenters. The summed E-state index contributed by atoms with van der Waals surface area (Å²) in [6.45, 7) is 6.02. The Bertz CT molecular complexity index is 427. The summed E-state index contributed by atoms with van der Waals surface area (Å²) in [6.07, 6.45) is 0. The molecule has 3 nitrogen and oxygen atoms in total. The maximum atomic E-state index is 11.1. The summed E-state index contributed by atoms with van der Waals surface area (Å²) in [5.41, 5.74) is 0.170. The van der Waals surface area contributed by atoms with Gasteiger partial charge in [0.15, 0.2) is 0 Å². The van der Waals surface area contributed by atoms with Gasteiger partial charge in [-0.3, -0.25) is 0 Å². The van der Waals surface area contributed by atoms with Crippen LogP contribution in [0, 0.1) is 0 Å². The van der Waals surface area contributed by atoms with Crippen molar-refractivity contribution in [2.45, 2.75) is 19.6 Å². The van der Waals surface area contributed by atoms with E-state index in [0.717, 1.165) is 0 Å². The molecule has 0 aliphatic rings. The van der Waals surface area contributed by atoms with Crippen molar-refractivity contribution in [1.82, 2.24) is 0 Å². The first-order valence-corrected chi connectivity index (χ1v) is 9.61. The van der Waals surface area contributed by atoms with Gasteiger partial charge in [0.05, 0.1) is 4.47 Å². The molecular weight excluding hydrogens is 356 g/mol. The summed E-state index contributed by atoms with van der Waals surface area (Å²) in [4.78, 5) is 11.1. The topological polar surface area (TPSA) is 46.5 Å². The summed E-state index contributed by atoms with van der Waals surface area (Å²) < 4.78 is 7.13. The van der Waals surface area contributed by atoms with Crippen molar-refractivity contribution in [2.75, 3.05) is 0 Å². The molecule has 0 bridgehead atoms. The molecular formula is C10H12Br2O3Si. The Morgan fingerprint density at radius 1 is 1.31 bits per heavy atom. The van der Waals surface area contributed by atoms with Crippen LogP contribution in [0.5, 0.6) is 5.75 Å². The quantitative estimate of drug-likeness (QED) is 0.817. The molecule has 1 rings (SSSR count). The first kappa shape index (κ1) is 13.7. The van der Waals surface area contributed by atoms with Crippen LogP contribution in [0.15, 0.2) is 21.1 Å². The van der Waals surface area contributed by atoms with Crippen LogP contribution < -0.4 is 4.43 Å². The van der Waals surface area contributed by atoms with Crippen molar-refractivity contribution in [1.29, 1.82) is 0 Å². The number of carboxylic acids is 1. The number of carboxylic acid groups (broad SMARTS) is 1. The molecule has 16 heavy (non-hydrogen) atoms. The molecule has 0 aromatic heterocycles. The van der Waals surface area contributed by atoms with E-state index in [1.54, 1.807) is 12.1 Å². The number of hydrogen-bond donors (Lipinski definition) is 1. The van der Waals surface area contributed by atoms with Crippen LogP contribution in [0.4, 0.5) is 0 Å². The normalized spacial score (nSPS) is 11.3. The molecule has 0 fully saturated rings. The Morgan fingerprint density at radius 3 is 2.31 bits per heavy atom. The fourth-order valence-corrected chi connectivity index (χ4v) is 3.42. The minimum absolute atomic E-state index is 0.170. The number of halogens is 2. The SMILES string of the molecule is C[Si](C)(C)Oc1c(Br)cc(Br)cc1C(=O)O. The van der Waals surface area contributed by atoms with Gasteiger partial charge < -0.3 is 9.53 Å². The lowest BCUT2D eigenvalue weighted by molar-refractivity contribution is 0.0694. The molecule has 0 unspecified atom stereocenters. The molecule has 0 radical (unpaired) electrons. The summed E-state index contributed by atoms with van der Waals surface area (Å²) in [7, 11) is -1.83. The standard InChI is InChI=1S/C10H12Br2O3Si/c1-16(2,3)15-9-7(10(13)14)4-6(11)5-8(9)12/h4-5H,1-3H3,(H,13,14). The van der Waals surface area contributed by atoms with Crippen molar-refractivity contribution < 1.29 is 14.3 Å². The van der Waals surface area contributed by atoms with Crippen LogP contribution in [0.1, 0.15) is 10.4 Å². The van der Waals surface area contributed by atoms with E-state index in [9.17, 15) is 4.79 Å². The maximum absolute atomic E-state index is 11.1. The van der Waals surface area contributed by atoms with Crippen molar-refractivity contribution in [3.05, 3.63) is 26.6 Å². The number of rotatable bonds is 3. The van der Waals surface area contributed by atoms with Gasteiger partial charge in [-0.2, -0.15) is 0 Å². The van der Waals surface area contributed by atoms with Crippen LogP contribution >= 0.6 is 31.9 Å². The average molecular weight is 368 g/mol. The van der Waals surface area contributed by atoms with Gasteiger partial charge in [0.1, 0.15) is 11.3 Å². The third-order valence-electron chi connectivity index (χ3n) is 1.65. The lowest BCUT2D eigenvalue weighted by atomic mass is 10.2. The van der Waals surface area contributed by atoms with E-state index in [2.05, 4.69) is 31.9 Å². The molecule has 0 amide bonds. The highest BCUT2D eigenvalue weighted by Gasteiger charge is 2.23. The minimum atomic E-state index is -1.83. The summed E-state index contributed by atoms with van der Waals surface area (Å²) in [6, 6.07) is 3.32. The largest absolute Gasteiger partial charge is 0.543 e. The summed E-state index contributed by atoms with van der Waals surface area (Å²) >= 11 is 6.58. The highest BCUT2D eigenvalue weighted by atomic mass is 79.9. The molecule has 0 saturated carbocycles. The van der Waals surface area contributed by atoms with Gasteiger partial charge in [-0.1, -0.05) is 15.9 Å². The third-order valence-corrected chi connectivity index (χ3v) is 3.51. The van der Waals surface area contributed by atoms with Gasteiger partial charge in [-0.25, -0.2) is 4.79 Å².